The van der Waals surface area contributed by atoms with Crippen LogP contribution in [0.3, 0.4) is 0 Å². The summed E-state index contributed by atoms with van der Waals surface area (Å²) in [6.07, 6.45) is 0. The number of carbonyl (C=O) groups is 1. The van der Waals surface area contributed by atoms with Gasteiger partial charge in [-0.05, 0) is 43.3 Å². The first-order valence-corrected chi connectivity index (χ1v) is 10.1. The van der Waals surface area contributed by atoms with Crippen molar-refractivity contribution in [3.8, 4) is 0 Å². The van der Waals surface area contributed by atoms with Crippen molar-refractivity contribution in [1.82, 2.24) is 4.72 Å². The van der Waals surface area contributed by atoms with Crippen LogP contribution in [0.25, 0.3) is 0 Å². The molecule has 0 saturated heterocycles. The summed E-state index contributed by atoms with van der Waals surface area (Å²) >= 11 is 1.22. The van der Waals surface area contributed by atoms with Crippen molar-refractivity contribution in [3.63, 3.8) is 0 Å². The number of aryl methyl sites for hydroxylation is 1. The highest BCUT2D eigenvalue weighted by atomic mass is 32.2. The van der Waals surface area contributed by atoms with Crippen LogP contribution in [0.4, 0.5) is 11.4 Å². The number of sulfonamides is 1. The molecule has 136 valence electrons. The molecule has 0 aliphatic heterocycles. The highest BCUT2D eigenvalue weighted by Crippen LogP contribution is 2.21. The first kappa shape index (κ1) is 19.4. The van der Waals surface area contributed by atoms with Gasteiger partial charge in [0.15, 0.2) is 0 Å². The largest absolute Gasteiger partial charge is 0.378 e. The molecule has 1 N–H and O–H groups in total. The van der Waals surface area contributed by atoms with Gasteiger partial charge in [0.1, 0.15) is 4.21 Å². The molecule has 0 radical (unpaired) electrons. The number of carbonyl (C=O) groups excluding carboxylic acids is 1. The van der Waals surface area contributed by atoms with Gasteiger partial charge in [-0.15, -0.1) is 11.3 Å². The van der Waals surface area contributed by atoms with Crippen LogP contribution in [0.15, 0.2) is 40.6 Å². The first-order chi connectivity index (χ1) is 11.7. The maximum Gasteiger partial charge on any atom is 0.250 e. The molecular formula is C17H23N3O3S2. The molecule has 0 aliphatic rings. The van der Waals surface area contributed by atoms with Crippen LogP contribution >= 0.6 is 11.3 Å². The van der Waals surface area contributed by atoms with Crippen molar-refractivity contribution in [1.29, 1.82) is 0 Å². The number of nitrogens with one attached hydrogen (secondary N) is 1. The maximum absolute atomic E-state index is 12.2. The van der Waals surface area contributed by atoms with E-state index < -0.39 is 10.0 Å². The van der Waals surface area contributed by atoms with Crippen molar-refractivity contribution < 1.29 is 13.2 Å². The zero-order valence-corrected chi connectivity index (χ0v) is 16.4. The third-order valence-electron chi connectivity index (χ3n) is 3.67. The number of anilines is 2. The van der Waals surface area contributed by atoms with Gasteiger partial charge in [0.05, 0.1) is 0 Å². The molecule has 8 heteroatoms. The molecule has 1 heterocycles. The normalized spacial score (nSPS) is 11.4. The molecule has 0 atom stereocenters. The number of benzene rings is 1. The van der Waals surface area contributed by atoms with E-state index in [-0.39, 0.29) is 23.2 Å². The van der Waals surface area contributed by atoms with Crippen LogP contribution in [-0.2, 0) is 14.8 Å². The van der Waals surface area contributed by atoms with E-state index in [0.717, 1.165) is 16.3 Å². The molecular weight excluding hydrogens is 358 g/mol. The molecule has 6 nitrogen and oxygen atoms in total. The van der Waals surface area contributed by atoms with E-state index in [9.17, 15) is 13.2 Å². The molecule has 1 amide bonds. The van der Waals surface area contributed by atoms with E-state index in [2.05, 4.69) is 4.72 Å². The second-order valence-electron chi connectivity index (χ2n) is 5.84. The Morgan fingerprint density at radius 3 is 2.16 bits per heavy atom. The number of amides is 1. The molecule has 0 spiro atoms. The van der Waals surface area contributed by atoms with E-state index in [0.29, 0.717) is 0 Å². The van der Waals surface area contributed by atoms with E-state index in [1.807, 2.05) is 50.2 Å². The number of thiophene rings is 1. The standard InChI is InChI=1S/C17H23N3O3S2/c1-13-5-10-17(24-13)25(22,23)18-11-12-20(14(2)21)16-8-6-15(7-9-16)19(3)4/h5-10,18H,11-12H2,1-4H3. The Balaban J connectivity index is 2.04. The van der Waals surface area contributed by atoms with Gasteiger partial charge in [0.2, 0.25) is 15.9 Å². The molecule has 1 aromatic heterocycles. The van der Waals surface area contributed by atoms with Crippen molar-refractivity contribution >= 4 is 38.6 Å². The van der Waals surface area contributed by atoms with Gasteiger partial charge in [0.25, 0.3) is 0 Å². The maximum atomic E-state index is 12.2. The highest BCUT2D eigenvalue weighted by molar-refractivity contribution is 7.91. The van der Waals surface area contributed by atoms with Gasteiger partial charge < -0.3 is 9.80 Å². The Morgan fingerprint density at radius 1 is 1.08 bits per heavy atom. The minimum Gasteiger partial charge on any atom is -0.378 e. The van der Waals surface area contributed by atoms with Crippen molar-refractivity contribution in [2.24, 2.45) is 0 Å². The first-order valence-electron chi connectivity index (χ1n) is 7.82. The van der Waals surface area contributed by atoms with E-state index >= 15 is 0 Å². The molecule has 25 heavy (non-hydrogen) atoms. The summed E-state index contributed by atoms with van der Waals surface area (Å²) in [5.74, 6) is -0.135. The van der Waals surface area contributed by atoms with Crippen LogP contribution in [0.2, 0.25) is 0 Å². The molecule has 2 rings (SSSR count). The van der Waals surface area contributed by atoms with Crippen LogP contribution in [0.5, 0.6) is 0 Å². The average Bonchev–Trinajstić information content (AvgIpc) is 2.99. The van der Waals surface area contributed by atoms with Crippen molar-refractivity contribution in [3.05, 3.63) is 41.3 Å². The smallest absolute Gasteiger partial charge is 0.250 e. The molecule has 0 aliphatic carbocycles. The molecule has 0 unspecified atom stereocenters. The second-order valence-corrected chi connectivity index (χ2v) is 9.13. The quantitative estimate of drug-likeness (QED) is 0.800. The summed E-state index contributed by atoms with van der Waals surface area (Å²) in [6, 6.07) is 10.9. The molecule has 0 saturated carbocycles. The fraction of sp³-hybridized carbons (Fsp3) is 0.353. The lowest BCUT2D eigenvalue weighted by atomic mass is 10.2. The van der Waals surface area contributed by atoms with Gasteiger partial charge in [-0.3, -0.25) is 4.79 Å². The van der Waals surface area contributed by atoms with E-state index in [1.54, 1.807) is 17.0 Å². The summed E-state index contributed by atoms with van der Waals surface area (Å²) in [4.78, 5) is 16.4. The fourth-order valence-corrected chi connectivity index (χ4v) is 4.67. The topological polar surface area (TPSA) is 69.7 Å². The fourth-order valence-electron chi connectivity index (χ4n) is 2.32. The molecule has 2 aromatic rings. The highest BCUT2D eigenvalue weighted by Gasteiger charge is 2.17. The van der Waals surface area contributed by atoms with Gasteiger partial charge in [-0.1, -0.05) is 0 Å². The Kier molecular flexibility index (Phi) is 6.21. The number of hydrogen-bond donors (Lipinski definition) is 1. The minimum atomic E-state index is -3.54. The van der Waals surface area contributed by atoms with E-state index in [1.165, 1.54) is 18.3 Å². The average molecular weight is 382 g/mol. The van der Waals surface area contributed by atoms with Crippen LogP contribution in [0, 0.1) is 6.92 Å². The number of hydrogen-bond acceptors (Lipinski definition) is 5. The lowest BCUT2D eigenvalue weighted by Crippen LogP contribution is -2.37. The third-order valence-corrected chi connectivity index (χ3v) is 6.62. The van der Waals surface area contributed by atoms with Crippen LogP contribution < -0.4 is 14.5 Å². The lowest BCUT2D eigenvalue weighted by Gasteiger charge is -2.22. The Hall–Kier alpha value is -1.90. The summed E-state index contributed by atoms with van der Waals surface area (Å²) in [6.45, 7) is 3.74. The summed E-state index contributed by atoms with van der Waals surface area (Å²) in [5, 5.41) is 0. The predicted molar refractivity (Wildman–Crippen MR) is 103 cm³/mol. The predicted octanol–water partition coefficient (Wildman–Crippen LogP) is 2.45. The van der Waals surface area contributed by atoms with E-state index in [4.69, 9.17) is 0 Å². The van der Waals surface area contributed by atoms with Crippen molar-refractivity contribution in [2.75, 3.05) is 37.0 Å². The Morgan fingerprint density at radius 2 is 1.68 bits per heavy atom. The minimum absolute atomic E-state index is 0.135. The van der Waals surface area contributed by atoms with Crippen molar-refractivity contribution in [2.45, 2.75) is 18.1 Å². The van der Waals surface area contributed by atoms with Gasteiger partial charge >= 0.3 is 0 Å². The molecule has 0 fully saturated rings. The van der Waals surface area contributed by atoms with Crippen LogP contribution in [-0.4, -0.2) is 41.5 Å². The molecule has 1 aromatic carbocycles. The zero-order valence-electron chi connectivity index (χ0n) is 14.8. The number of rotatable bonds is 7. The van der Waals surface area contributed by atoms with Crippen LogP contribution in [0.1, 0.15) is 11.8 Å². The molecule has 0 bridgehead atoms. The Labute approximate surface area is 153 Å². The SMILES string of the molecule is CC(=O)N(CCNS(=O)(=O)c1ccc(C)s1)c1ccc(N(C)C)cc1. The zero-order chi connectivity index (χ0) is 18.6. The lowest BCUT2D eigenvalue weighted by molar-refractivity contribution is -0.116. The monoisotopic (exact) mass is 381 g/mol. The summed E-state index contributed by atoms with van der Waals surface area (Å²) in [7, 11) is 0.349. The second kappa shape index (κ2) is 7.99. The van der Waals surface area contributed by atoms with Gasteiger partial charge in [-0.25, -0.2) is 13.1 Å². The van der Waals surface area contributed by atoms with Gasteiger partial charge in [0, 0.05) is 50.4 Å². The van der Waals surface area contributed by atoms with Gasteiger partial charge in [-0.2, -0.15) is 0 Å². The Bertz CT molecular complexity index is 827. The summed E-state index contributed by atoms with van der Waals surface area (Å²) in [5.41, 5.74) is 1.77. The number of nitrogens with zero attached hydrogens (tertiary/aromatic N) is 2. The summed E-state index contributed by atoms with van der Waals surface area (Å²) < 4.78 is 27.3. The third kappa shape index (κ3) is 5.04.